The number of rotatable bonds is 1. The molecule has 2 heteroatoms. The summed E-state index contributed by atoms with van der Waals surface area (Å²) in [5.41, 5.74) is 2.71. The summed E-state index contributed by atoms with van der Waals surface area (Å²) < 4.78 is 0. The predicted molar refractivity (Wildman–Crippen MR) is 73.7 cm³/mol. The van der Waals surface area contributed by atoms with E-state index in [0.717, 1.165) is 23.4 Å². The number of halogens is 1. The lowest BCUT2D eigenvalue weighted by molar-refractivity contribution is 0.252. The van der Waals surface area contributed by atoms with E-state index in [9.17, 15) is 0 Å². The van der Waals surface area contributed by atoms with Crippen molar-refractivity contribution in [2.24, 2.45) is 11.8 Å². The first kappa shape index (κ1) is 11.4. The summed E-state index contributed by atoms with van der Waals surface area (Å²) in [5.74, 6) is 1.75. The van der Waals surface area contributed by atoms with E-state index in [1.54, 1.807) is 0 Å². The van der Waals surface area contributed by atoms with E-state index < -0.39 is 0 Å². The lowest BCUT2D eigenvalue weighted by Gasteiger charge is -2.34. The van der Waals surface area contributed by atoms with E-state index in [0.29, 0.717) is 0 Å². The second-order valence-electron chi connectivity index (χ2n) is 5.54. The van der Waals surface area contributed by atoms with Gasteiger partial charge in [0.1, 0.15) is 0 Å². The van der Waals surface area contributed by atoms with E-state index in [4.69, 9.17) is 11.6 Å². The Labute approximate surface area is 109 Å². The van der Waals surface area contributed by atoms with E-state index in [1.165, 1.54) is 49.8 Å². The van der Waals surface area contributed by atoms with Gasteiger partial charge in [-0.2, -0.15) is 0 Å². The lowest BCUT2D eigenvalue weighted by atomic mass is 9.76. The van der Waals surface area contributed by atoms with Gasteiger partial charge < -0.3 is 5.32 Å². The van der Waals surface area contributed by atoms with E-state index >= 15 is 0 Å². The minimum absolute atomic E-state index is 0.821. The molecule has 1 fully saturated rings. The summed E-state index contributed by atoms with van der Waals surface area (Å²) >= 11 is 6.08. The SMILES string of the molecule is Clc1ccc2c(c1)CC(C1CCCCC1)CN2. The highest BCUT2D eigenvalue weighted by atomic mass is 35.5. The fourth-order valence-electron chi connectivity index (χ4n) is 3.44. The molecule has 0 aromatic heterocycles. The van der Waals surface area contributed by atoms with Gasteiger partial charge in [-0.3, -0.25) is 0 Å². The highest BCUT2D eigenvalue weighted by Gasteiger charge is 2.27. The van der Waals surface area contributed by atoms with Gasteiger partial charge in [0.05, 0.1) is 0 Å². The fourth-order valence-corrected chi connectivity index (χ4v) is 3.63. The van der Waals surface area contributed by atoms with Crippen LogP contribution in [0, 0.1) is 11.8 Å². The number of hydrogen-bond acceptors (Lipinski definition) is 1. The highest BCUT2D eigenvalue weighted by molar-refractivity contribution is 6.30. The van der Waals surface area contributed by atoms with Gasteiger partial charge in [0, 0.05) is 17.3 Å². The summed E-state index contributed by atoms with van der Waals surface area (Å²) in [4.78, 5) is 0. The van der Waals surface area contributed by atoms with Gasteiger partial charge in [-0.05, 0) is 42.0 Å². The summed E-state index contributed by atoms with van der Waals surface area (Å²) in [5, 5.41) is 4.45. The fraction of sp³-hybridized carbons (Fsp3) is 0.600. The van der Waals surface area contributed by atoms with Crippen molar-refractivity contribution in [3.05, 3.63) is 28.8 Å². The average molecular weight is 250 g/mol. The molecule has 1 heterocycles. The average Bonchev–Trinajstić information content (AvgIpc) is 2.39. The van der Waals surface area contributed by atoms with Crippen LogP contribution in [-0.2, 0) is 6.42 Å². The molecule has 3 rings (SSSR count). The lowest BCUT2D eigenvalue weighted by Crippen LogP contribution is -2.30. The summed E-state index contributed by atoms with van der Waals surface area (Å²) in [6.45, 7) is 1.15. The third kappa shape index (κ3) is 2.44. The van der Waals surface area contributed by atoms with Crippen molar-refractivity contribution in [3.8, 4) is 0 Å². The number of nitrogens with one attached hydrogen (secondary N) is 1. The van der Waals surface area contributed by atoms with Gasteiger partial charge in [-0.15, -0.1) is 0 Å². The first-order valence-corrected chi connectivity index (χ1v) is 7.23. The van der Waals surface area contributed by atoms with Crippen molar-refractivity contribution in [2.75, 3.05) is 11.9 Å². The Kier molecular flexibility index (Phi) is 3.28. The summed E-state index contributed by atoms with van der Waals surface area (Å²) in [6, 6.07) is 6.24. The molecule has 0 amide bonds. The summed E-state index contributed by atoms with van der Waals surface area (Å²) in [6.07, 6.45) is 8.39. The minimum atomic E-state index is 0.821. The van der Waals surface area contributed by atoms with Gasteiger partial charge in [0.25, 0.3) is 0 Å². The molecule has 17 heavy (non-hydrogen) atoms. The zero-order valence-electron chi connectivity index (χ0n) is 10.2. The zero-order valence-corrected chi connectivity index (χ0v) is 11.0. The number of anilines is 1. The van der Waals surface area contributed by atoms with E-state index in [2.05, 4.69) is 17.4 Å². The maximum atomic E-state index is 6.08. The Morgan fingerprint density at radius 3 is 2.71 bits per heavy atom. The van der Waals surface area contributed by atoms with Crippen molar-refractivity contribution in [3.63, 3.8) is 0 Å². The van der Waals surface area contributed by atoms with Crippen LogP contribution in [0.3, 0.4) is 0 Å². The zero-order chi connectivity index (χ0) is 11.7. The third-order valence-electron chi connectivity index (χ3n) is 4.42. The number of fused-ring (bicyclic) bond motifs is 1. The molecule has 92 valence electrons. The highest BCUT2D eigenvalue weighted by Crippen LogP contribution is 2.36. The van der Waals surface area contributed by atoms with Crippen LogP contribution >= 0.6 is 11.6 Å². The molecule has 1 aromatic carbocycles. The van der Waals surface area contributed by atoms with Crippen LogP contribution in [0.1, 0.15) is 37.7 Å². The van der Waals surface area contributed by atoms with Crippen molar-refractivity contribution < 1.29 is 0 Å². The van der Waals surface area contributed by atoms with Gasteiger partial charge in [-0.25, -0.2) is 0 Å². The molecule has 1 unspecified atom stereocenters. The van der Waals surface area contributed by atoms with Gasteiger partial charge in [0.2, 0.25) is 0 Å². The van der Waals surface area contributed by atoms with Crippen molar-refractivity contribution in [1.29, 1.82) is 0 Å². The largest absolute Gasteiger partial charge is 0.385 e. The Morgan fingerprint density at radius 2 is 1.88 bits per heavy atom. The molecule has 0 saturated heterocycles. The molecule has 0 bridgehead atoms. The maximum Gasteiger partial charge on any atom is 0.0410 e. The van der Waals surface area contributed by atoms with Crippen LogP contribution < -0.4 is 5.32 Å². The smallest absolute Gasteiger partial charge is 0.0410 e. The molecule has 1 aromatic rings. The Hall–Kier alpha value is -0.690. The maximum absolute atomic E-state index is 6.08. The Bertz CT molecular complexity index is 396. The molecule has 1 nitrogen and oxygen atoms in total. The minimum Gasteiger partial charge on any atom is -0.385 e. The molecule has 1 atom stereocenters. The van der Waals surface area contributed by atoms with Crippen LogP contribution in [0.2, 0.25) is 5.02 Å². The van der Waals surface area contributed by atoms with Crippen molar-refractivity contribution >= 4 is 17.3 Å². The first-order valence-electron chi connectivity index (χ1n) is 6.85. The Morgan fingerprint density at radius 1 is 1.06 bits per heavy atom. The number of hydrogen-bond donors (Lipinski definition) is 1. The molecule has 2 aliphatic rings. The molecule has 1 N–H and O–H groups in total. The first-order chi connectivity index (χ1) is 8.33. The molecule has 1 aliphatic carbocycles. The predicted octanol–water partition coefficient (Wildman–Crippen LogP) is 4.50. The molecule has 1 aliphatic heterocycles. The van der Waals surface area contributed by atoms with E-state index in [-0.39, 0.29) is 0 Å². The number of benzene rings is 1. The van der Waals surface area contributed by atoms with Crippen LogP contribution in [0.4, 0.5) is 5.69 Å². The second-order valence-corrected chi connectivity index (χ2v) is 5.98. The standard InChI is InChI=1S/C15H20ClN/c16-14-6-7-15-12(9-14)8-13(10-17-15)11-4-2-1-3-5-11/h6-7,9,11,13,17H,1-5,8,10H2. The molecular weight excluding hydrogens is 230 g/mol. The topological polar surface area (TPSA) is 12.0 Å². The van der Waals surface area contributed by atoms with Crippen LogP contribution in [0.25, 0.3) is 0 Å². The molecular formula is C15H20ClN. The molecule has 1 saturated carbocycles. The van der Waals surface area contributed by atoms with Gasteiger partial charge >= 0.3 is 0 Å². The monoisotopic (exact) mass is 249 g/mol. The van der Waals surface area contributed by atoms with Gasteiger partial charge in [0.15, 0.2) is 0 Å². The normalized spacial score (nSPS) is 25.1. The Balaban J connectivity index is 1.75. The van der Waals surface area contributed by atoms with Crippen molar-refractivity contribution in [1.82, 2.24) is 0 Å². The van der Waals surface area contributed by atoms with Gasteiger partial charge in [-0.1, -0.05) is 43.7 Å². The summed E-state index contributed by atoms with van der Waals surface area (Å²) in [7, 11) is 0. The van der Waals surface area contributed by atoms with Crippen LogP contribution in [0.15, 0.2) is 18.2 Å². The molecule has 0 spiro atoms. The molecule has 0 radical (unpaired) electrons. The van der Waals surface area contributed by atoms with Crippen molar-refractivity contribution in [2.45, 2.75) is 38.5 Å². The third-order valence-corrected chi connectivity index (χ3v) is 4.66. The van der Waals surface area contributed by atoms with E-state index in [1.807, 2.05) is 6.07 Å². The van der Waals surface area contributed by atoms with Crippen LogP contribution in [0.5, 0.6) is 0 Å². The second kappa shape index (κ2) is 4.89. The quantitative estimate of drug-likeness (QED) is 0.773. The van der Waals surface area contributed by atoms with Crippen LogP contribution in [-0.4, -0.2) is 6.54 Å².